The zero-order valence-corrected chi connectivity index (χ0v) is 15.2. The molecule has 1 aromatic carbocycles. The third-order valence-corrected chi connectivity index (χ3v) is 7.05. The van der Waals surface area contributed by atoms with Gasteiger partial charge in [-0.1, -0.05) is 13.3 Å². The lowest BCUT2D eigenvalue weighted by atomic mass is 10.0. The van der Waals surface area contributed by atoms with Crippen LogP contribution in [0.2, 0.25) is 0 Å². The number of unbranched alkanes of at least 4 members (excludes halogenated alkanes) is 1. The second-order valence-corrected chi connectivity index (χ2v) is 9.72. The van der Waals surface area contributed by atoms with Crippen LogP contribution < -0.4 is 9.03 Å². The van der Waals surface area contributed by atoms with Gasteiger partial charge >= 0.3 is 0 Å². The summed E-state index contributed by atoms with van der Waals surface area (Å²) in [5.74, 6) is 0.148. The van der Waals surface area contributed by atoms with Crippen LogP contribution in [-0.2, 0) is 26.5 Å². The van der Waals surface area contributed by atoms with Crippen LogP contribution in [0, 0.1) is 0 Å². The first-order valence-corrected chi connectivity index (χ1v) is 11.2. The van der Waals surface area contributed by atoms with E-state index in [1.165, 1.54) is 4.31 Å². The number of fused-ring (bicyclic) bond motifs is 1. The zero-order valence-electron chi connectivity index (χ0n) is 13.6. The third kappa shape index (κ3) is 4.38. The van der Waals surface area contributed by atoms with Crippen molar-refractivity contribution in [3.05, 3.63) is 23.8 Å². The maximum absolute atomic E-state index is 12.2. The van der Waals surface area contributed by atoms with E-state index in [0.717, 1.165) is 24.8 Å². The Kier molecular flexibility index (Phi) is 5.57. The van der Waals surface area contributed by atoms with Gasteiger partial charge in [0, 0.05) is 12.2 Å². The quantitative estimate of drug-likeness (QED) is 0.809. The lowest BCUT2D eigenvalue weighted by Crippen LogP contribution is -2.36. The molecule has 6 nitrogen and oxygen atoms in total. The van der Waals surface area contributed by atoms with E-state index in [1.807, 2.05) is 6.92 Å². The van der Waals surface area contributed by atoms with Gasteiger partial charge in [0.05, 0.1) is 17.2 Å². The predicted molar refractivity (Wildman–Crippen MR) is 93.9 cm³/mol. The predicted octanol–water partition coefficient (Wildman–Crippen LogP) is 2.33. The molecular formula is C15H24N2O4S2. The summed E-state index contributed by atoms with van der Waals surface area (Å²) >= 11 is 0. The highest BCUT2D eigenvalue weighted by Gasteiger charge is 2.26. The van der Waals surface area contributed by atoms with Crippen molar-refractivity contribution < 1.29 is 16.8 Å². The van der Waals surface area contributed by atoms with Crippen LogP contribution in [0.3, 0.4) is 0 Å². The van der Waals surface area contributed by atoms with Crippen molar-refractivity contribution in [3.8, 4) is 0 Å². The van der Waals surface area contributed by atoms with Crippen molar-refractivity contribution in [2.75, 3.05) is 27.1 Å². The Morgan fingerprint density at radius 2 is 1.91 bits per heavy atom. The second-order valence-electron chi connectivity index (χ2n) is 5.69. The summed E-state index contributed by atoms with van der Waals surface area (Å²) in [6.45, 7) is 4.04. The summed E-state index contributed by atoms with van der Waals surface area (Å²) in [7, 11) is -6.65. The van der Waals surface area contributed by atoms with Crippen molar-refractivity contribution in [2.45, 2.75) is 39.5 Å². The minimum atomic E-state index is -3.35. The molecule has 0 fully saturated rings. The van der Waals surface area contributed by atoms with Crippen molar-refractivity contribution in [1.82, 2.24) is 0 Å². The van der Waals surface area contributed by atoms with Crippen LogP contribution in [0.25, 0.3) is 0 Å². The number of hydrogen-bond acceptors (Lipinski definition) is 4. The van der Waals surface area contributed by atoms with E-state index in [4.69, 9.17) is 0 Å². The van der Waals surface area contributed by atoms with E-state index < -0.39 is 20.0 Å². The third-order valence-electron chi connectivity index (χ3n) is 3.90. The SMILES string of the molecule is CCCCS(=O)(=O)Nc1ccc2c(c1)CCCN2S(=O)(=O)CC. The van der Waals surface area contributed by atoms with Crippen molar-refractivity contribution in [1.29, 1.82) is 0 Å². The van der Waals surface area contributed by atoms with Crippen LogP contribution in [0.15, 0.2) is 18.2 Å². The minimum absolute atomic E-state index is 0.0534. The van der Waals surface area contributed by atoms with Gasteiger partial charge in [0.25, 0.3) is 0 Å². The minimum Gasteiger partial charge on any atom is -0.284 e. The van der Waals surface area contributed by atoms with E-state index in [-0.39, 0.29) is 11.5 Å². The van der Waals surface area contributed by atoms with Gasteiger partial charge in [0.1, 0.15) is 0 Å². The lowest BCUT2D eigenvalue weighted by Gasteiger charge is -2.30. The highest BCUT2D eigenvalue weighted by atomic mass is 32.2. The standard InChI is InChI=1S/C15H24N2O4S2/c1-3-5-11-22(18,19)16-14-8-9-15-13(12-14)7-6-10-17(15)23(20,21)4-2/h8-9,12,16H,3-7,10-11H2,1-2H3. The fourth-order valence-corrected chi connectivity index (χ4v) is 5.09. The molecule has 1 aromatic rings. The van der Waals surface area contributed by atoms with Gasteiger partial charge in [-0.25, -0.2) is 16.8 Å². The number of nitrogens with zero attached hydrogens (tertiary/aromatic N) is 1. The van der Waals surface area contributed by atoms with E-state index in [2.05, 4.69) is 4.72 Å². The normalized spacial score (nSPS) is 15.3. The highest BCUT2D eigenvalue weighted by molar-refractivity contribution is 7.93. The zero-order chi connectivity index (χ0) is 17.1. The number of rotatable bonds is 7. The van der Waals surface area contributed by atoms with E-state index in [1.54, 1.807) is 25.1 Å². The van der Waals surface area contributed by atoms with E-state index >= 15 is 0 Å². The number of anilines is 2. The van der Waals surface area contributed by atoms with Crippen molar-refractivity contribution in [3.63, 3.8) is 0 Å². The van der Waals surface area contributed by atoms with Gasteiger partial charge in [-0.3, -0.25) is 9.03 Å². The summed E-state index contributed by atoms with van der Waals surface area (Å²) in [5, 5.41) is 0. The van der Waals surface area contributed by atoms with Crippen LogP contribution >= 0.6 is 0 Å². The summed E-state index contributed by atoms with van der Waals surface area (Å²) in [6, 6.07) is 5.07. The Morgan fingerprint density at radius 1 is 1.17 bits per heavy atom. The Morgan fingerprint density at radius 3 is 2.57 bits per heavy atom. The average molecular weight is 361 g/mol. The topological polar surface area (TPSA) is 83.6 Å². The molecule has 0 radical (unpaired) electrons. The number of aryl methyl sites for hydroxylation is 1. The fourth-order valence-electron chi connectivity index (χ4n) is 2.64. The van der Waals surface area contributed by atoms with Gasteiger partial charge < -0.3 is 0 Å². The summed E-state index contributed by atoms with van der Waals surface area (Å²) in [6.07, 6.45) is 2.91. The molecule has 0 saturated carbocycles. The molecule has 0 aliphatic carbocycles. The monoisotopic (exact) mass is 360 g/mol. The second kappa shape index (κ2) is 7.09. The molecule has 130 valence electrons. The molecule has 0 bridgehead atoms. The van der Waals surface area contributed by atoms with Crippen LogP contribution in [-0.4, -0.2) is 34.9 Å². The van der Waals surface area contributed by atoms with Crippen molar-refractivity contribution in [2.24, 2.45) is 0 Å². The van der Waals surface area contributed by atoms with E-state index in [0.29, 0.717) is 24.3 Å². The molecule has 0 amide bonds. The maximum Gasteiger partial charge on any atom is 0.234 e. The number of benzene rings is 1. The van der Waals surface area contributed by atoms with Crippen LogP contribution in [0.5, 0.6) is 0 Å². The largest absolute Gasteiger partial charge is 0.284 e. The molecule has 0 spiro atoms. The maximum atomic E-state index is 12.2. The first-order chi connectivity index (χ1) is 10.8. The molecule has 0 atom stereocenters. The first-order valence-electron chi connectivity index (χ1n) is 7.93. The summed E-state index contributed by atoms with van der Waals surface area (Å²) in [4.78, 5) is 0. The Bertz CT molecular complexity index is 758. The lowest BCUT2D eigenvalue weighted by molar-refractivity contribution is 0.587. The van der Waals surface area contributed by atoms with Gasteiger partial charge in [0.15, 0.2) is 0 Å². The Labute approximate surface area is 139 Å². The molecule has 23 heavy (non-hydrogen) atoms. The molecule has 1 aliphatic rings. The van der Waals surface area contributed by atoms with Gasteiger partial charge in [0.2, 0.25) is 20.0 Å². The Hall–Kier alpha value is -1.28. The van der Waals surface area contributed by atoms with Crippen LogP contribution in [0.4, 0.5) is 11.4 Å². The molecular weight excluding hydrogens is 336 g/mol. The number of sulfonamides is 2. The van der Waals surface area contributed by atoms with E-state index in [9.17, 15) is 16.8 Å². The molecule has 0 saturated heterocycles. The number of hydrogen-bond donors (Lipinski definition) is 1. The fraction of sp³-hybridized carbons (Fsp3) is 0.600. The number of nitrogens with one attached hydrogen (secondary N) is 1. The smallest absolute Gasteiger partial charge is 0.234 e. The molecule has 0 unspecified atom stereocenters. The summed E-state index contributed by atoms with van der Waals surface area (Å²) in [5.41, 5.74) is 2.02. The Balaban J connectivity index is 2.26. The first kappa shape index (κ1) is 18.1. The van der Waals surface area contributed by atoms with Crippen LogP contribution in [0.1, 0.15) is 38.7 Å². The van der Waals surface area contributed by atoms with Gasteiger partial charge in [-0.05, 0) is 49.9 Å². The van der Waals surface area contributed by atoms with Crippen molar-refractivity contribution >= 4 is 31.4 Å². The molecule has 2 rings (SSSR count). The average Bonchev–Trinajstić information content (AvgIpc) is 2.51. The molecule has 1 heterocycles. The summed E-state index contributed by atoms with van der Waals surface area (Å²) < 4.78 is 52.3. The molecule has 1 N–H and O–H groups in total. The van der Waals surface area contributed by atoms with Gasteiger partial charge in [-0.2, -0.15) is 0 Å². The highest BCUT2D eigenvalue weighted by Crippen LogP contribution is 2.32. The molecule has 0 aromatic heterocycles. The van der Waals surface area contributed by atoms with Gasteiger partial charge in [-0.15, -0.1) is 0 Å². The molecule has 1 aliphatic heterocycles. The molecule has 8 heteroatoms.